The van der Waals surface area contributed by atoms with Gasteiger partial charge in [-0.1, -0.05) is 13.8 Å². The molecule has 1 amide bonds. The van der Waals surface area contributed by atoms with Gasteiger partial charge in [0.25, 0.3) is 0 Å². The predicted molar refractivity (Wildman–Crippen MR) is 75.0 cm³/mol. The van der Waals surface area contributed by atoms with Crippen molar-refractivity contribution in [2.75, 3.05) is 39.5 Å². The van der Waals surface area contributed by atoms with Gasteiger partial charge in [-0.05, 0) is 19.8 Å². The molecule has 1 unspecified atom stereocenters. The second kappa shape index (κ2) is 8.51. The van der Waals surface area contributed by atoms with Gasteiger partial charge in [-0.2, -0.15) is 0 Å². The van der Waals surface area contributed by atoms with Gasteiger partial charge in [0.05, 0.1) is 25.9 Å². The van der Waals surface area contributed by atoms with Crippen molar-refractivity contribution >= 4 is 5.91 Å². The Morgan fingerprint density at radius 1 is 1.32 bits per heavy atom. The molecule has 0 bridgehead atoms. The van der Waals surface area contributed by atoms with Gasteiger partial charge in [0, 0.05) is 25.7 Å². The Balaban J connectivity index is 2.68. The maximum absolute atomic E-state index is 12.5. The van der Waals surface area contributed by atoms with Gasteiger partial charge in [-0.15, -0.1) is 0 Å². The highest BCUT2D eigenvalue weighted by Gasteiger charge is 2.29. The van der Waals surface area contributed by atoms with Crippen LogP contribution >= 0.6 is 0 Å². The van der Waals surface area contributed by atoms with Crippen LogP contribution in [-0.2, 0) is 9.53 Å². The van der Waals surface area contributed by atoms with E-state index in [1.807, 2.05) is 11.8 Å². The van der Waals surface area contributed by atoms with E-state index < -0.39 is 0 Å². The van der Waals surface area contributed by atoms with E-state index in [4.69, 9.17) is 4.74 Å². The summed E-state index contributed by atoms with van der Waals surface area (Å²) in [4.78, 5) is 16.5. The fourth-order valence-corrected chi connectivity index (χ4v) is 2.76. The molecule has 1 aliphatic rings. The number of hydrogen-bond acceptors (Lipinski definition) is 4. The number of carbonyl (C=O) groups is 1. The number of nitrogens with zero attached hydrogens (tertiary/aromatic N) is 2. The van der Waals surface area contributed by atoms with Crippen molar-refractivity contribution in [3.8, 4) is 0 Å². The molecule has 1 heterocycles. The molecule has 1 fully saturated rings. The summed E-state index contributed by atoms with van der Waals surface area (Å²) < 4.78 is 5.28. The van der Waals surface area contributed by atoms with Crippen molar-refractivity contribution in [3.05, 3.63) is 0 Å². The van der Waals surface area contributed by atoms with Gasteiger partial charge in [-0.25, -0.2) is 0 Å². The van der Waals surface area contributed by atoms with Crippen LogP contribution in [0.4, 0.5) is 0 Å². The highest BCUT2D eigenvalue weighted by Crippen LogP contribution is 2.15. The third-order valence-electron chi connectivity index (χ3n) is 3.95. The summed E-state index contributed by atoms with van der Waals surface area (Å²) in [5.41, 5.74) is 0. The SMILES string of the molecule is CCC(CC)N(CCO)C(C)C(=O)N1CCOCC1. The summed E-state index contributed by atoms with van der Waals surface area (Å²) in [5.74, 6) is 0.156. The molecule has 1 N–H and O–H groups in total. The van der Waals surface area contributed by atoms with Crippen LogP contribution in [0, 0.1) is 0 Å². The zero-order valence-corrected chi connectivity index (χ0v) is 12.5. The van der Waals surface area contributed by atoms with E-state index in [-0.39, 0.29) is 18.6 Å². The Bertz CT molecular complexity index is 263. The molecule has 0 spiro atoms. The molecule has 5 nitrogen and oxygen atoms in total. The molecule has 0 radical (unpaired) electrons. The Hall–Kier alpha value is -0.650. The molecule has 0 aliphatic carbocycles. The van der Waals surface area contributed by atoms with Gasteiger partial charge in [-0.3, -0.25) is 9.69 Å². The van der Waals surface area contributed by atoms with Crippen molar-refractivity contribution in [1.29, 1.82) is 0 Å². The molecular formula is C14H28N2O3. The van der Waals surface area contributed by atoms with E-state index in [0.29, 0.717) is 38.9 Å². The average Bonchev–Trinajstić information content (AvgIpc) is 2.47. The highest BCUT2D eigenvalue weighted by atomic mass is 16.5. The summed E-state index contributed by atoms with van der Waals surface area (Å²) in [6.45, 7) is 9.48. The minimum Gasteiger partial charge on any atom is -0.395 e. The predicted octanol–water partition coefficient (Wildman–Crippen LogP) is 0.717. The monoisotopic (exact) mass is 272 g/mol. The van der Waals surface area contributed by atoms with Crippen LogP contribution < -0.4 is 0 Å². The minimum atomic E-state index is -0.171. The fourth-order valence-electron chi connectivity index (χ4n) is 2.76. The standard InChI is InChI=1S/C14H28N2O3/c1-4-13(5-2)16(6-9-17)12(3)14(18)15-7-10-19-11-8-15/h12-13,17H,4-11H2,1-3H3. The lowest BCUT2D eigenvalue weighted by Gasteiger charge is -2.38. The number of hydrogen-bond donors (Lipinski definition) is 1. The van der Waals surface area contributed by atoms with Gasteiger partial charge < -0.3 is 14.7 Å². The van der Waals surface area contributed by atoms with Gasteiger partial charge in [0.1, 0.15) is 0 Å². The number of ether oxygens (including phenoxy) is 1. The second-order valence-electron chi connectivity index (χ2n) is 5.05. The molecular weight excluding hydrogens is 244 g/mol. The number of aliphatic hydroxyl groups excluding tert-OH is 1. The zero-order valence-electron chi connectivity index (χ0n) is 12.5. The van der Waals surface area contributed by atoms with E-state index in [1.54, 1.807) is 0 Å². The molecule has 1 aliphatic heterocycles. The molecule has 5 heteroatoms. The minimum absolute atomic E-state index is 0.0945. The first kappa shape index (κ1) is 16.4. The summed E-state index contributed by atoms with van der Waals surface area (Å²) in [5, 5.41) is 9.23. The van der Waals surface area contributed by atoms with Crippen LogP contribution in [0.3, 0.4) is 0 Å². The lowest BCUT2D eigenvalue weighted by atomic mass is 10.1. The van der Waals surface area contributed by atoms with Crippen molar-refractivity contribution in [1.82, 2.24) is 9.80 Å². The average molecular weight is 272 g/mol. The number of carbonyl (C=O) groups excluding carboxylic acids is 1. The Labute approximate surface area is 116 Å². The molecule has 112 valence electrons. The number of morpholine rings is 1. The lowest BCUT2D eigenvalue weighted by Crippen LogP contribution is -2.53. The number of aliphatic hydroxyl groups is 1. The van der Waals surface area contributed by atoms with Crippen LogP contribution in [-0.4, -0.2) is 72.4 Å². The zero-order chi connectivity index (χ0) is 14.3. The molecule has 0 aromatic heterocycles. The number of rotatable bonds is 7. The normalized spacial score (nSPS) is 18.1. The van der Waals surface area contributed by atoms with Crippen LogP contribution in [0.2, 0.25) is 0 Å². The van der Waals surface area contributed by atoms with Crippen LogP contribution in [0.15, 0.2) is 0 Å². The third-order valence-corrected chi connectivity index (χ3v) is 3.95. The van der Waals surface area contributed by atoms with Crippen molar-refractivity contribution in [2.24, 2.45) is 0 Å². The first-order valence-corrected chi connectivity index (χ1v) is 7.38. The molecule has 1 atom stereocenters. The van der Waals surface area contributed by atoms with Crippen LogP contribution in [0.1, 0.15) is 33.6 Å². The third kappa shape index (κ3) is 4.44. The fraction of sp³-hybridized carbons (Fsp3) is 0.929. The molecule has 0 aromatic rings. The Morgan fingerprint density at radius 2 is 1.89 bits per heavy atom. The number of amides is 1. The Kier molecular flexibility index (Phi) is 7.34. The van der Waals surface area contributed by atoms with E-state index in [9.17, 15) is 9.90 Å². The van der Waals surface area contributed by atoms with Crippen molar-refractivity contribution in [2.45, 2.75) is 45.7 Å². The summed E-state index contributed by atoms with van der Waals surface area (Å²) in [7, 11) is 0. The summed E-state index contributed by atoms with van der Waals surface area (Å²) in [6, 6.07) is 0.183. The molecule has 1 saturated heterocycles. The first-order valence-electron chi connectivity index (χ1n) is 7.38. The van der Waals surface area contributed by atoms with E-state index in [2.05, 4.69) is 18.7 Å². The molecule has 1 rings (SSSR count). The second-order valence-corrected chi connectivity index (χ2v) is 5.05. The lowest BCUT2D eigenvalue weighted by molar-refractivity contribution is -0.141. The maximum atomic E-state index is 12.5. The summed E-state index contributed by atoms with van der Waals surface area (Å²) >= 11 is 0. The van der Waals surface area contributed by atoms with Crippen LogP contribution in [0.5, 0.6) is 0 Å². The maximum Gasteiger partial charge on any atom is 0.239 e. The van der Waals surface area contributed by atoms with E-state index in [0.717, 1.165) is 12.8 Å². The van der Waals surface area contributed by atoms with Gasteiger partial charge >= 0.3 is 0 Å². The smallest absolute Gasteiger partial charge is 0.239 e. The van der Waals surface area contributed by atoms with E-state index >= 15 is 0 Å². The van der Waals surface area contributed by atoms with Gasteiger partial charge in [0.15, 0.2) is 0 Å². The summed E-state index contributed by atoms with van der Waals surface area (Å²) in [6.07, 6.45) is 1.99. The highest BCUT2D eigenvalue weighted by molar-refractivity contribution is 5.81. The molecule has 19 heavy (non-hydrogen) atoms. The van der Waals surface area contributed by atoms with E-state index in [1.165, 1.54) is 0 Å². The topological polar surface area (TPSA) is 53.0 Å². The van der Waals surface area contributed by atoms with Crippen molar-refractivity contribution < 1.29 is 14.6 Å². The largest absolute Gasteiger partial charge is 0.395 e. The quantitative estimate of drug-likeness (QED) is 0.742. The molecule has 0 aromatic carbocycles. The van der Waals surface area contributed by atoms with Gasteiger partial charge in [0.2, 0.25) is 5.91 Å². The van der Waals surface area contributed by atoms with Crippen molar-refractivity contribution in [3.63, 3.8) is 0 Å². The molecule has 0 saturated carbocycles. The van der Waals surface area contributed by atoms with Crippen LogP contribution in [0.25, 0.3) is 0 Å². The Morgan fingerprint density at radius 3 is 2.37 bits per heavy atom. The first-order chi connectivity index (χ1) is 9.15.